The maximum atomic E-state index is 8.75. The molecule has 16 heavy (non-hydrogen) atoms. The van der Waals surface area contributed by atoms with E-state index < -0.39 is 0 Å². The zero-order valence-corrected chi connectivity index (χ0v) is 9.54. The Balaban J connectivity index is 2.20. The Morgan fingerprint density at radius 1 is 1.38 bits per heavy atom. The monoisotopic (exact) mass is 243 g/mol. The molecule has 0 aliphatic carbocycles. The zero-order chi connectivity index (χ0) is 11.5. The summed E-state index contributed by atoms with van der Waals surface area (Å²) in [5.41, 5.74) is 6.82. The number of aliphatic hydroxyl groups is 1. The van der Waals surface area contributed by atoms with Crippen molar-refractivity contribution in [2.24, 2.45) is 5.73 Å². The van der Waals surface area contributed by atoms with E-state index in [2.05, 4.69) is 0 Å². The first-order valence-corrected chi connectivity index (χ1v) is 5.55. The average molecular weight is 244 g/mol. The highest BCUT2D eigenvalue weighted by Crippen LogP contribution is 2.39. The summed E-state index contributed by atoms with van der Waals surface area (Å²) in [6.07, 6.45) is 1.35. The van der Waals surface area contributed by atoms with Gasteiger partial charge < -0.3 is 20.3 Å². The van der Waals surface area contributed by atoms with Crippen LogP contribution >= 0.6 is 11.6 Å². The summed E-state index contributed by atoms with van der Waals surface area (Å²) in [6, 6.07) is 3.35. The topological polar surface area (TPSA) is 64.7 Å². The molecule has 1 aliphatic heterocycles. The van der Waals surface area contributed by atoms with Crippen molar-refractivity contribution in [3.63, 3.8) is 0 Å². The molecule has 88 valence electrons. The molecular formula is C11H14ClNO3. The van der Waals surface area contributed by atoms with Gasteiger partial charge in [-0.3, -0.25) is 0 Å². The van der Waals surface area contributed by atoms with Crippen LogP contribution in [-0.4, -0.2) is 18.5 Å². The van der Waals surface area contributed by atoms with Gasteiger partial charge in [0.25, 0.3) is 0 Å². The number of fused-ring (bicyclic) bond motifs is 1. The van der Waals surface area contributed by atoms with Gasteiger partial charge in [0.2, 0.25) is 6.79 Å². The highest BCUT2D eigenvalue weighted by Gasteiger charge is 2.19. The first-order valence-electron chi connectivity index (χ1n) is 5.18. The zero-order valence-electron chi connectivity index (χ0n) is 8.78. The van der Waals surface area contributed by atoms with Gasteiger partial charge in [-0.2, -0.15) is 0 Å². The van der Waals surface area contributed by atoms with Gasteiger partial charge >= 0.3 is 0 Å². The molecule has 5 heteroatoms. The predicted molar refractivity (Wildman–Crippen MR) is 60.8 cm³/mol. The van der Waals surface area contributed by atoms with E-state index in [9.17, 15) is 0 Å². The summed E-state index contributed by atoms with van der Waals surface area (Å²) >= 11 is 6.10. The van der Waals surface area contributed by atoms with E-state index in [0.29, 0.717) is 29.4 Å². The standard InChI is InChI=1S/C11H14ClNO3/c12-8-5-11-10(15-6-16-11)4-7(8)9(13)2-1-3-14/h4-5,9,14H,1-3,6,13H2/t9-/m0/s1. The molecule has 1 aromatic carbocycles. The first-order chi connectivity index (χ1) is 7.72. The third-order valence-electron chi connectivity index (χ3n) is 2.56. The van der Waals surface area contributed by atoms with Crippen molar-refractivity contribution in [3.8, 4) is 11.5 Å². The molecule has 0 fully saturated rings. The molecule has 1 aliphatic rings. The average Bonchev–Trinajstić information content (AvgIpc) is 2.71. The first kappa shape index (κ1) is 11.5. The molecule has 2 rings (SSSR count). The van der Waals surface area contributed by atoms with Crippen LogP contribution in [0.5, 0.6) is 11.5 Å². The Bertz CT molecular complexity index is 384. The number of rotatable bonds is 4. The summed E-state index contributed by atoms with van der Waals surface area (Å²) in [6.45, 7) is 0.358. The molecule has 1 atom stereocenters. The van der Waals surface area contributed by atoms with E-state index in [1.54, 1.807) is 6.07 Å². The van der Waals surface area contributed by atoms with Crippen LogP contribution in [0.4, 0.5) is 0 Å². The van der Waals surface area contributed by atoms with Crippen LogP contribution in [0.2, 0.25) is 5.02 Å². The third kappa shape index (κ3) is 2.24. The maximum absolute atomic E-state index is 8.75. The minimum absolute atomic E-state index is 0.135. The van der Waals surface area contributed by atoms with Crippen LogP contribution in [0.15, 0.2) is 12.1 Å². The van der Waals surface area contributed by atoms with E-state index in [1.165, 1.54) is 0 Å². The number of halogens is 1. The lowest BCUT2D eigenvalue weighted by Crippen LogP contribution is -2.11. The Kier molecular flexibility index (Phi) is 3.53. The molecule has 0 amide bonds. The van der Waals surface area contributed by atoms with Gasteiger partial charge in [-0.1, -0.05) is 11.6 Å². The van der Waals surface area contributed by atoms with Gasteiger partial charge in [0.15, 0.2) is 11.5 Å². The lowest BCUT2D eigenvalue weighted by atomic mass is 10.0. The Hall–Kier alpha value is -0.970. The fourth-order valence-electron chi connectivity index (χ4n) is 1.68. The van der Waals surface area contributed by atoms with Gasteiger partial charge in [-0.25, -0.2) is 0 Å². The van der Waals surface area contributed by atoms with Crippen molar-refractivity contribution >= 4 is 11.6 Å². The van der Waals surface area contributed by atoms with E-state index in [4.69, 9.17) is 31.9 Å². The second-order valence-electron chi connectivity index (χ2n) is 3.70. The summed E-state index contributed by atoms with van der Waals surface area (Å²) in [5.74, 6) is 1.34. The second kappa shape index (κ2) is 4.91. The van der Waals surface area contributed by atoms with Crippen LogP contribution in [0, 0.1) is 0 Å². The maximum Gasteiger partial charge on any atom is 0.231 e. The van der Waals surface area contributed by atoms with Gasteiger partial charge in [0.05, 0.1) is 0 Å². The fraction of sp³-hybridized carbons (Fsp3) is 0.455. The summed E-state index contributed by atoms with van der Waals surface area (Å²) < 4.78 is 10.5. The molecule has 0 bridgehead atoms. The molecule has 1 aromatic rings. The van der Waals surface area contributed by atoms with E-state index in [1.807, 2.05) is 6.07 Å². The van der Waals surface area contributed by atoms with Gasteiger partial charge in [0.1, 0.15) is 0 Å². The number of ether oxygens (including phenoxy) is 2. The summed E-state index contributed by atoms with van der Waals surface area (Å²) in [5, 5.41) is 9.33. The van der Waals surface area contributed by atoms with Crippen LogP contribution < -0.4 is 15.2 Å². The van der Waals surface area contributed by atoms with Crippen LogP contribution in [0.25, 0.3) is 0 Å². The molecule has 1 heterocycles. The molecule has 0 unspecified atom stereocenters. The van der Waals surface area contributed by atoms with Crippen LogP contribution in [-0.2, 0) is 0 Å². The minimum atomic E-state index is -0.186. The molecule has 0 radical (unpaired) electrons. The summed E-state index contributed by atoms with van der Waals surface area (Å²) in [7, 11) is 0. The molecule has 0 saturated heterocycles. The quantitative estimate of drug-likeness (QED) is 0.847. The van der Waals surface area contributed by atoms with Crippen molar-refractivity contribution in [3.05, 3.63) is 22.7 Å². The fourth-order valence-corrected chi connectivity index (χ4v) is 1.98. The lowest BCUT2D eigenvalue weighted by Gasteiger charge is -2.13. The summed E-state index contributed by atoms with van der Waals surface area (Å²) in [4.78, 5) is 0. The molecule has 4 nitrogen and oxygen atoms in total. The van der Waals surface area contributed by atoms with Gasteiger partial charge in [-0.15, -0.1) is 0 Å². The largest absolute Gasteiger partial charge is 0.454 e. The Labute approximate surface area is 98.9 Å². The molecule has 0 aromatic heterocycles. The van der Waals surface area contributed by atoms with Crippen molar-refractivity contribution in [1.29, 1.82) is 0 Å². The predicted octanol–water partition coefficient (Wildman–Crippen LogP) is 1.84. The Morgan fingerprint density at radius 3 is 2.75 bits per heavy atom. The van der Waals surface area contributed by atoms with Crippen LogP contribution in [0.3, 0.4) is 0 Å². The number of aliphatic hydroxyl groups excluding tert-OH is 1. The van der Waals surface area contributed by atoms with E-state index in [-0.39, 0.29) is 19.4 Å². The van der Waals surface area contributed by atoms with E-state index in [0.717, 1.165) is 5.56 Å². The number of hydrogen-bond acceptors (Lipinski definition) is 4. The number of benzene rings is 1. The molecule has 3 N–H and O–H groups in total. The lowest BCUT2D eigenvalue weighted by molar-refractivity contribution is 0.174. The number of nitrogens with two attached hydrogens (primary N) is 1. The molecule has 0 saturated carbocycles. The van der Waals surface area contributed by atoms with Gasteiger partial charge in [-0.05, 0) is 24.5 Å². The highest BCUT2D eigenvalue weighted by molar-refractivity contribution is 6.31. The molecular weight excluding hydrogens is 230 g/mol. The smallest absolute Gasteiger partial charge is 0.231 e. The SMILES string of the molecule is N[C@@H](CCCO)c1cc2c(cc1Cl)OCO2. The molecule has 0 spiro atoms. The normalized spacial score (nSPS) is 15.2. The van der Waals surface area contributed by atoms with Crippen molar-refractivity contribution in [2.75, 3.05) is 13.4 Å². The van der Waals surface area contributed by atoms with Crippen molar-refractivity contribution < 1.29 is 14.6 Å². The highest BCUT2D eigenvalue weighted by atomic mass is 35.5. The number of hydrogen-bond donors (Lipinski definition) is 2. The third-order valence-corrected chi connectivity index (χ3v) is 2.89. The minimum Gasteiger partial charge on any atom is -0.454 e. The second-order valence-corrected chi connectivity index (χ2v) is 4.11. The van der Waals surface area contributed by atoms with Crippen LogP contribution in [0.1, 0.15) is 24.4 Å². The Morgan fingerprint density at radius 2 is 2.06 bits per heavy atom. The van der Waals surface area contributed by atoms with Crippen molar-refractivity contribution in [2.45, 2.75) is 18.9 Å². The van der Waals surface area contributed by atoms with E-state index >= 15 is 0 Å². The van der Waals surface area contributed by atoms with Crippen molar-refractivity contribution in [1.82, 2.24) is 0 Å². The van der Waals surface area contributed by atoms with Gasteiger partial charge in [0, 0.05) is 23.7 Å².